The summed E-state index contributed by atoms with van der Waals surface area (Å²) >= 11 is 0. The number of nitrogens with one attached hydrogen (secondary N) is 1. The molecular formula is C14H21N3O. The molecule has 0 radical (unpaired) electrons. The fourth-order valence-electron chi connectivity index (χ4n) is 2.31. The molecular weight excluding hydrogens is 226 g/mol. The lowest BCUT2D eigenvalue weighted by molar-refractivity contribution is 0.0661. The van der Waals surface area contributed by atoms with Crippen molar-refractivity contribution in [3.05, 3.63) is 29.6 Å². The molecule has 1 saturated heterocycles. The number of nitrogens with zero attached hydrogens (tertiary/aromatic N) is 2. The van der Waals surface area contributed by atoms with Crippen molar-refractivity contribution in [2.45, 2.75) is 32.2 Å². The van der Waals surface area contributed by atoms with E-state index in [0.29, 0.717) is 0 Å². The van der Waals surface area contributed by atoms with Crippen LogP contribution in [0.5, 0.6) is 0 Å². The van der Waals surface area contributed by atoms with Gasteiger partial charge in [0.15, 0.2) is 0 Å². The van der Waals surface area contributed by atoms with Crippen molar-refractivity contribution >= 4 is 5.91 Å². The van der Waals surface area contributed by atoms with E-state index in [4.69, 9.17) is 0 Å². The zero-order valence-electron chi connectivity index (χ0n) is 11.4. The number of aromatic nitrogens is 1. The van der Waals surface area contributed by atoms with Gasteiger partial charge >= 0.3 is 0 Å². The number of pyridine rings is 1. The Kier molecular flexibility index (Phi) is 3.66. The fourth-order valence-corrected chi connectivity index (χ4v) is 2.31. The SMILES string of the molecule is CNC1(C)CCN(C(=O)c2ccnc(C)c2)CC1. The van der Waals surface area contributed by atoms with Gasteiger partial charge < -0.3 is 10.2 Å². The summed E-state index contributed by atoms with van der Waals surface area (Å²) in [4.78, 5) is 18.4. The van der Waals surface area contributed by atoms with E-state index in [-0.39, 0.29) is 11.4 Å². The van der Waals surface area contributed by atoms with Gasteiger partial charge in [0.1, 0.15) is 0 Å². The lowest BCUT2D eigenvalue weighted by atomic mass is 9.89. The molecule has 18 heavy (non-hydrogen) atoms. The molecule has 0 saturated carbocycles. The molecule has 0 aromatic carbocycles. The van der Waals surface area contributed by atoms with Gasteiger partial charge in [0.05, 0.1) is 0 Å². The van der Waals surface area contributed by atoms with Gasteiger partial charge in [-0.3, -0.25) is 9.78 Å². The molecule has 98 valence electrons. The number of hydrogen-bond donors (Lipinski definition) is 1. The highest BCUT2D eigenvalue weighted by Gasteiger charge is 2.30. The normalized spacial score (nSPS) is 18.7. The lowest BCUT2D eigenvalue weighted by Gasteiger charge is -2.39. The highest BCUT2D eigenvalue weighted by Crippen LogP contribution is 2.22. The maximum Gasteiger partial charge on any atom is 0.253 e. The Balaban J connectivity index is 2.04. The Morgan fingerprint density at radius 3 is 2.67 bits per heavy atom. The molecule has 0 unspecified atom stereocenters. The smallest absolute Gasteiger partial charge is 0.253 e. The number of hydrogen-bond acceptors (Lipinski definition) is 3. The van der Waals surface area contributed by atoms with E-state index in [1.54, 1.807) is 12.3 Å². The van der Waals surface area contributed by atoms with Crippen molar-refractivity contribution in [1.29, 1.82) is 0 Å². The first-order valence-corrected chi connectivity index (χ1v) is 6.45. The molecule has 1 amide bonds. The molecule has 1 fully saturated rings. The van der Waals surface area contributed by atoms with Crippen molar-refractivity contribution < 1.29 is 4.79 Å². The van der Waals surface area contributed by atoms with Gasteiger partial charge in [0.25, 0.3) is 5.91 Å². The topological polar surface area (TPSA) is 45.2 Å². The van der Waals surface area contributed by atoms with Crippen LogP contribution in [0.2, 0.25) is 0 Å². The first-order chi connectivity index (χ1) is 8.54. The summed E-state index contributed by atoms with van der Waals surface area (Å²) in [5.41, 5.74) is 1.80. The van der Waals surface area contributed by atoms with Crippen LogP contribution in [0.25, 0.3) is 0 Å². The molecule has 2 heterocycles. The molecule has 1 aliphatic rings. The van der Waals surface area contributed by atoms with Crippen LogP contribution in [-0.4, -0.2) is 41.5 Å². The van der Waals surface area contributed by atoms with E-state index < -0.39 is 0 Å². The second-order valence-corrected chi connectivity index (χ2v) is 5.29. The predicted octanol–water partition coefficient (Wildman–Crippen LogP) is 1.60. The second-order valence-electron chi connectivity index (χ2n) is 5.29. The first-order valence-electron chi connectivity index (χ1n) is 6.45. The average molecular weight is 247 g/mol. The summed E-state index contributed by atoms with van der Waals surface area (Å²) in [5, 5.41) is 3.34. The van der Waals surface area contributed by atoms with E-state index in [1.807, 2.05) is 24.9 Å². The van der Waals surface area contributed by atoms with E-state index in [1.165, 1.54) is 0 Å². The minimum absolute atomic E-state index is 0.124. The van der Waals surface area contributed by atoms with Gasteiger partial charge in [-0.05, 0) is 45.9 Å². The third kappa shape index (κ3) is 2.70. The van der Waals surface area contributed by atoms with Crippen LogP contribution in [0.15, 0.2) is 18.3 Å². The Hall–Kier alpha value is -1.42. The van der Waals surface area contributed by atoms with Gasteiger partial charge in [-0.1, -0.05) is 0 Å². The molecule has 1 N–H and O–H groups in total. The summed E-state index contributed by atoms with van der Waals surface area (Å²) in [6, 6.07) is 3.65. The molecule has 2 rings (SSSR count). The van der Waals surface area contributed by atoms with Crippen LogP contribution < -0.4 is 5.32 Å². The second kappa shape index (κ2) is 5.06. The number of rotatable bonds is 2. The van der Waals surface area contributed by atoms with Gasteiger partial charge in [-0.2, -0.15) is 0 Å². The number of carbonyl (C=O) groups is 1. The molecule has 4 heteroatoms. The van der Waals surface area contributed by atoms with Crippen LogP contribution >= 0.6 is 0 Å². The highest BCUT2D eigenvalue weighted by atomic mass is 16.2. The summed E-state index contributed by atoms with van der Waals surface area (Å²) in [5.74, 6) is 0.124. The Morgan fingerprint density at radius 1 is 1.44 bits per heavy atom. The van der Waals surface area contributed by atoms with E-state index in [9.17, 15) is 4.79 Å². The number of amides is 1. The lowest BCUT2D eigenvalue weighted by Crippen LogP contribution is -2.51. The molecule has 0 atom stereocenters. The Morgan fingerprint density at radius 2 is 2.11 bits per heavy atom. The molecule has 0 aliphatic carbocycles. The Bertz CT molecular complexity index is 436. The van der Waals surface area contributed by atoms with E-state index in [0.717, 1.165) is 37.2 Å². The number of piperidine rings is 1. The third-order valence-corrected chi connectivity index (χ3v) is 3.90. The zero-order chi connectivity index (χ0) is 13.2. The maximum atomic E-state index is 12.3. The molecule has 1 aromatic rings. The van der Waals surface area contributed by atoms with Crippen LogP contribution in [-0.2, 0) is 0 Å². The van der Waals surface area contributed by atoms with Crippen LogP contribution in [0, 0.1) is 6.92 Å². The van der Waals surface area contributed by atoms with Crippen molar-refractivity contribution in [3.63, 3.8) is 0 Å². The fraction of sp³-hybridized carbons (Fsp3) is 0.571. The average Bonchev–Trinajstić information content (AvgIpc) is 2.39. The van der Waals surface area contributed by atoms with Gasteiger partial charge in [0, 0.05) is 36.1 Å². The monoisotopic (exact) mass is 247 g/mol. The number of carbonyl (C=O) groups excluding carboxylic acids is 1. The molecule has 0 bridgehead atoms. The predicted molar refractivity (Wildman–Crippen MR) is 71.6 cm³/mol. The summed E-state index contributed by atoms with van der Waals surface area (Å²) in [6.07, 6.45) is 3.70. The molecule has 1 aromatic heterocycles. The van der Waals surface area contributed by atoms with Crippen molar-refractivity contribution in [1.82, 2.24) is 15.2 Å². The molecule has 4 nitrogen and oxygen atoms in total. The van der Waals surface area contributed by atoms with E-state index in [2.05, 4.69) is 17.2 Å². The number of likely N-dealkylation sites (tertiary alicyclic amines) is 1. The van der Waals surface area contributed by atoms with Crippen LogP contribution in [0.1, 0.15) is 35.8 Å². The quantitative estimate of drug-likeness (QED) is 0.863. The summed E-state index contributed by atoms with van der Waals surface area (Å²) in [7, 11) is 1.99. The van der Waals surface area contributed by atoms with Gasteiger partial charge in [-0.15, -0.1) is 0 Å². The minimum atomic E-state index is 0.124. The van der Waals surface area contributed by atoms with E-state index >= 15 is 0 Å². The highest BCUT2D eigenvalue weighted by molar-refractivity contribution is 5.94. The van der Waals surface area contributed by atoms with Gasteiger partial charge in [0.2, 0.25) is 0 Å². The maximum absolute atomic E-state index is 12.3. The minimum Gasteiger partial charge on any atom is -0.339 e. The zero-order valence-corrected chi connectivity index (χ0v) is 11.4. The van der Waals surface area contributed by atoms with Gasteiger partial charge in [-0.25, -0.2) is 0 Å². The largest absolute Gasteiger partial charge is 0.339 e. The Labute approximate surface area is 108 Å². The molecule has 0 spiro atoms. The van der Waals surface area contributed by atoms with Crippen molar-refractivity contribution in [3.8, 4) is 0 Å². The van der Waals surface area contributed by atoms with Crippen molar-refractivity contribution in [2.75, 3.05) is 20.1 Å². The molecule has 1 aliphatic heterocycles. The number of aryl methyl sites for hydroxylation is 1. The first kappa shape index (κ1) is 13.0. The van der Waals surface area contributed by atoms with Crippen LogP contribution in [0.3, 0.4) is 0 Å². The standard InChI is InChI=1S/C14H21N3O/c1-11-10-12(4-7-16-11)13(18)17-8-5-14(2,15-3)6-9-17/h4,7,10,15H,5-6,8-9H2,1-3H3. The van der Waals surface area contributed by atoms with Crippen LogP contribution in [0.4, 0.5) is 0 Å². The third-order valence-electron chi connectivity index (χ3n) is 3.90. The summed E-state index contributed by atoms with van der Waals surface area (Å²) in [6.45, 7) is 5.76. The van der Waals surface area contributed by atoms with Crippen molar-refractivity contribution in [2.24, 2.45) is 0 Å². The summed E-state index contributed by atoms with van der Waals surface area (Å²) < 4.78 is 0.